The highest BCUT2D eigenvalue weighted by Crippen LogP contribution is 2.28. The average molecular weight is 467 g/mol. The Morgan fingerprint density at radius 1 is 0.900 bits per heavy atom. The highest BCUT2D eigenvalue weighted by molar-refractivity contribution is 9.10. The number of carbonyl (C=O) groups excluding carboxylic acids is 2. The number of ether oxygens (including phenoxy) is 1. The molecule has 0 fully saturated rings. The predicted octanol–water partition coefficient (Wildman–Crippen LogP) is 5.08. The molecule has 0 aliphatic carbocycles. The van der Waals surface area contributed by atoms with E-state index in [4.69, 9.17) is 4.74 Å². The van der Waals surface area contributed by atoms with Crippen molar-refractivity contribution in [2.24, 2.45) is 0 Å². The smallest absolute Gasteiger partial charge is 0.276 e. The third-order valence-electron chi connectivity index (χ3n) is 4.55. The molecule has 0 unspecified atom stereocenters. The van der Waals surface area contributed by atoms with E-state index in [9.17, 15) is 9.59 Å². The van der Waals surface area contributed by atoms with Gasteiger partial charge < -0.3 is 4.74 Å². The number of benzene rings is 3. The van der Waals surface area contributed by atoms with Gasteiger partial charge in [0.15, 0.2) is 6.61 Å². The van der Waals surface area contributed by atoms with Gasteiger partial charge in [-0.25, -0.2) is 0 Å². The Morgan fingerprint density at radius 3 is 2.20 bits per heavy atom. The molecule has 6 heteroatoms. The molecule has 0 aliphatic heterocycles. The van der Waals surface area contributed by atoms with Crippen LogP contribution in [0.3, 0.4) is 0 Å². The van der Waals surface area contributed by atoms with Gasteiger partial charge in [0.05, 0.1) is 4.47 Å². The summed E-state index contributed by atoms with van der Waals surface area (Å²) in [4.78, 5) is 24.3. The van der Waals surface area contributed by atoms with Crippen molar-refractivity contribution in [1.29, 1.82) is 0 Å². The van der Waals surface area contributed by atoms with E-state index in [1.165, 1.54) is 5.56 Å². The van der Waals surface area contributed by atoms with E-state index in [1.54, 1.807) is 12.1 Å². The Morgan fingerprint density at radius 2 is 1.57 bits per heavy atom. The minimum absolute atomic E-state index is 0.215. The maximum absolute atomic E-state index is 12.3. The molecule has 154 valence electrons. The molecule has 5 nitrogen and oxygen atoms in total. The number of nitrogens with one attached hydrogen (secondary N) is 2. The fraction of sp³-hybridized carbons (Fsp3) is 0.167. The monoisotopic (exact) mass is 466 g/mol. The number of rotatable bonds is 6. The van der Waals surface area contributed by atoms with Gasteiger partial charge in [-0.15, -0.1) is 0 Å². The maximum Gasteiger partial charge on any atom is 0.276 e. The summed E-state index contributed by atoms with van der Waals surface area (Å²) in [5.41, 5.74) is 8.47. The van der Waals surface area contributed by atoms with E-state index in [0.717, 1.165) is 15.6 Å². The van der Waals surface area contributed by atoms with Gasteiger partial charge in [-0.2, -0.15) is 0 Å². The molecule has 3 aromatic carbocycles. The van der Waals surface area contributed by atoms with Crippen LogP contribution in [0.15, 0.2) is 77.3 Å². The predicted molar refractivity (Wildman–Crippen MR) is 121 cm³/mol. The molecule has 0 aromatic heterocycles. The van der Waals surface area contributed by atoms with Crippen molar-refractivity contribution in [3.05, 3.63) is 88.4 Å². The zero-order valence-corrected chi connectivity index (χ0v) is 18.4. The van der Waals surface area contributed by atoms with Crippen molar-refractivity contribution >= 4 is 27.7 Å². The topological polar surface area (TPSA) is 67.4 Å². The van der Waals surface area contributed by atoms with Crippen molar-refractivity contribution in [2.45, 2.75) is 19.8 Å². The minimum Gasteiger partial charge on any atom is -0.483 e. The molecular formula is C24H23BrN2O3. The van der Waals surface area contributed by atoms with Gasteiger partial charge in [0.25, 0.3) is 11.8 Å². The zero-order valence-electron chi connectivity index (χ0n) is 16.8. The van der Waals surface area contributed by atoms with Crippen molar-refractivity contribution in [2.75, 3.05) is 6.61 Å². The van der Waals surface area contributed by atoms with Crippen molar-refractivity contribution in [1.82, 2.24) is 10.9 Å². The lowest BCUT2D eigenvalue weighted by Crippen LogP contribution is -2.43. The molecule has 0 spiro atoms. The number of amides is 2. The molecular weight excluding hydrogens is 444 g/mol. The largest absolute Gasteiger partial charge is 0.483 e. The van der Waals surface area contributed by atoms with Gasteiger partial charge in [-0.1, -0.05) is 62.4 Å². The van der Waals surface area contributed by atoms with Gasteiger partial charge in [0, 0.05) is 5.56 Å². The van der Waals surface area contributed by atoms with Crippen LogP contribution < -0.4 is 15.6 Å². The van der Waals surface area contributed by atoms with E-state index in [2.05, 4.69) is 40.6 Å². The second-order valence-electron chi connectivity index (χ2n) is 7.08. The van der Waals surface area contributed by atoms with Crippen LogP contribution in [0, 0.1) is 0 Å². The molecule has 2 N–H and O–H groups in total. The summed E-state index contributed by atoms with van der Waals surface area (Å²) >= 11 is 3.45. The molecule has 0 aliphatic rings. The van der Waals surface area contributed by atoms with Gasteiger partial charge in [0.1, 0.15) is 5.75 Å². The number of hydrogen-bond donors (Lipinski definition) is 2. The van der Waals surface area contributed by atoms with Crippen molar-refractivity contribution in [3.63, 3.8) is 0 Å². The minimum atomic E-state index is -0.455. The molecule has 0 saturated carbocycles. The Labute approximate surface area is 184 Å². The summed E-state index contributed by atoms with van der Waals surface area (Å²) in [5, 5.41) is 0. The first-order valence-corrected chi connectivity index (χ1v) is 10.4. The number of hydrogen-bond acceptors (Lipinski definition) is 3. The summed E-state index contributed by atoms with van der Waals surface area (Å²) in [6, 6.07) is 22.8. The van der Waals surface area contributed by atoms with Crippen LogP contribution >= 0.6 is 15.9 Å². The number of carbonyl (C=O) groups is 2. The standard InChI is InChI=1S/C24H23BrN2O3/c1-16(2)20-12-13-22(21(25)14-20)30-15-23(28)26-27-24(29)19-10-8-18(9-11-19)17-6-4-3-5-7-17/h3-14,16H,15H2,1-2H3,(H,26,28)(H,27,29). The fourth-order valence-corrected chi connectivity index (χ4v) is 3.33. The summed E-state index contributed by atoms with van der Waals surface area (Å²) < 4.78 is 6.31. The van der Waals surface area contributed by atoms with Crippen LogP contribution in [0.5, 0.6) is 5.75 Å². The summed E-state index contributed by atoms with van der Waals surface area (Å²) in [5.74, 6) is 0.113. The first kappa shape index (κ1) is 21.6. The van der Waals surface area contributed by atoms with Crippen LogP contribution in [-0.2, 0) is 4.79 Å². The first-order valence-electron chi connectivity index (χ1n) is 9.61. The lowest BCUT2D eigenvalue weighted by Gasteiger charge is -2.12. The quantitative estimate of drug-likeness (QED) is 0.497. The van der Waals surface area contributed by atoms with E-state index in [-0.39, 0.29) is 6.61 Å². The summed E-state index contributed by atoms with van der Waals surface area (Å²) in [6.07, 6.45) is 0. The molecule has 0 bridgehead atoms. The van der Waals surface area contributed by atoms with Gasteiger partial charge >= 0.3 is 0 Å². The number of halogens is 1. The third-order valence-corrected chi connectivity index (χ3v) is 5.17. The molecule has 3 aromatic rings. The Kier molecular flexibility index (Phi) is 7.25. The first-order chi connectivity index (χ1) is 14.4. The van der Waals surface area contributed by atoms with Crippen LogP contribution in [0.4, 0.5) is 0 Å². The molecule has 3 rings (SSSR count). The molecule has 30 heavy (non-hydrogen) atoms. The van der Waals surface area contributed by atoms with Crippen LogP contribution in [0.1, 0.15) is 35.7 Å². The maximum atomic E-state index is 12.3. The average Bonchev–Trinajstić information content (AvgIpc) is 2.77. The number of hydrazine groups is 1. The van der Waals surface area contributed by atoms with E-state index >= 15 is 0 Å². The van der Waals surface area contributed by atoms with Gasteiger partial charge in [0.2, 0.25) is 0 Å². The summed E-state index contributed by atoms with van der Waals surface area (Å²) in [7, 11) is 0. The van der Waals surface area contributed by atoms with Crippen LogP contribution in [0.25, 0.3) is 11.1 Å². The third kappa shape index (κ3) is 5.70. The Balaban J connectivity index is 1.49. The van der Waals surface area contributed by atoms with E-state index < -0.39 is 11.8 Å². The molecule has 0 heterocycles. The molecule has 2 amide bonds. The SMILES string of the molecule is CC(C)c1ccc(OCC(=O)NNC(=O)c2ccc(-c3ccccc3)cc2)c(Br)c1. The van der Waals surface area contributed by atoms with Gasteiger partial charge in [-0.05, 0) is 62.8 Å². The fourth-order valence-electron chi connectivity index (χ4n) is 2.82. The van der Waals surface area contributed by atoms with Crippen LogP contribution in [-0.4, -0.2) is 18.4 Å². The highest BCUT2D eigenvalue weighted by atomic mass is 79.9. The van der Waals surface area contributed by atoms with Crippen molar-refractivity contribution in [3.8, 4) is 16.9 Å². The van der Waals surface area contributed by atoms with Crippen LogP contribution in [0.2, 0.25) is 0 Å². The van der Waals surface area contributed by atoms with E-state index in [1.807, 2.05) is 60.7 Å². The lowest BCUT2D eigenvalue weighted by atomic mass is 10.0. The van der Waals surface area contributed by atoms with Gasteiger partial charge in [-0.3, -0.25) is 20.4 Å². The summed E-state index contributed by atoms with van der Waals surface area (Å²) in [6.45, 7) is 3.99. The lowest BCUT2D eigenvalue weighted by molar-refractivity contribution is -0.123. The Hall–Kier alpha value is -3.12. The second kappa shape index (κ2) is 10.1. The molecule has 0 saturated heterocycles. The van der Waals surface area contributed by atoms with E-state index in [0.29, 0.717) is 17.2 Å². The normalized spacial score (nSPS) is 10.5. The second-order valence-corrected chi connectivity index (χ2v) is 7.93. The highest BCUT2D eigenvalue weighted by Gasteiger charge is 2.10. The molecule has 0 radical (unpaired) electrons. The zero-order chi connectivity index (χ0) is 21.5. The molecule has 0 atom stereocenters. The van der Waals surface area contributed by atoms with Crippen molar-refractivity contribution < 1.29 is 14.3 Å². The Bertz CT molecular complexity index is 1020.